The van der Waals surface area contributed by atoms with Crippen LogP contribution in [0.15, 0.2) is 65.9 Å². The van der Waals surface area contributed by atoms with Gasteiger partial charge >= 0.3 is 0 Å². The summed E-state index contributed by atoms with van der Waals surface area (Å²) < 4.78 is 0. The molecule has 31 heavy (non-hydrogen) atoms. The van der Waals surface area contributed by atoms with E-state index in [9.17, 15) is 14.7 Å². The van der Waals surface area contributed by atoms with Crippen molar-refractivity contribution in [1.29, 1.82) is 0 Å². The zero-order valence-corrected chi connectivity index (χ0v) is 18.7. The molecule has 1 amide bonds. The number of carbonyl (C=O) groups is 2. The molecule has 1 atom stereocenters. The van der Waals surface area contributed by atoms with E-state index in [1.54, 1.807) is 4.90 Å². The van der Waals surface area contributed by atoms with Crippen molar-refractivity contribution in [2.75, 3.05) is 26.2 Å². The molecule has 5 nitrogen and oxygen atoms in total. The molecular formula is C26H32N2O3. The number of amides is 1. The van der Waals surface area contributed by atoms with Gasteiger partial charge in [0.1, 0.15) is 0 Å². The molecule has 2 aromatic rings. The molecule has 0 saturated carbocycles. The van der Waals surface area contributed by atoms with Crippen LogP contribution in [0.4, 0.5) is 0 Å². The summed E-state index contributed by atoms with van der Waals surface area (Å²) in [6, 6.07) is 17.1. The Bertz CT molecular complexity index is 948. The van der Waals surface area contributed by atoms with Gasteiger partial charge in [-0.3, -0.25) is 9.59 Å². The minimum absolute atomic E-state index is 0.174. The zero-order chi connectivity index (χ0) is 22.4. The van der Waals surface area contributed by atoms with Gasteiger partial charge in [-0.15, -0.1) is 0 Å². The minimum atomic E-state index is -0.550. The number of likely N-dealkylation sites (N-methyl/N-ethyl adjacent to an activating group) is 1. The molecule has 2 aromatic carbocycles. The fourth-order valence-electron chi connectivity index (χ4n) is 4.18. The van der Waals surface area contributed by atoms with Crippen molar-refractivity contribution in [1.82, 2.24) is 9.80 Å². The fraction of sp³-hybridized carbons (Fsp3) is 0.385. The van der Waals surface area contributed by atoms with Gasteiger partial charge < -0.3 is 14.9 Å². The van der Waals surface area contributed by atoms with Crippen molar-refractivity contribution < 1.29 is 14.7 Å². The third-order valence-electron chi connectivity index (χ3n) is 6.00. The second-order valence-electron chi connectivity index (χ2n) is 8.01. The predicted molar refractivity (Wildman–Crippen MR) is 123 cm³/mol. The Morgan fingerprint density at radius 1 is 1.06 bits per heavy atom. The first-order valence-corrected chi connectivity index (χ1v) is 11.1. The maximum Gasteiger partial charge on any atom is 0.290 e. The van der Waals surface area contributed by atoms with Crippen molar-refractivity contribution in [3.63, 3.8) is 0 Å². The van der Waals surface area contributed by atoms with Crippen LogP contribution in [0.1, 0.15) is 43.0 Å². The molecule has 0 fully saturated rings. The molecule has 0 aliphatic carbocycles. The van der Waals surface area contributed by atoms with Gasteiger partial charge in [0.2, 0.25) is 0 Å². The number of carbonyl (C=O) groups excluding carboxylic acids is 2. The van der Waals surface area contributed by atoms with Crippen molar-refractivity contribution in [2.45, 2.75) is 39.7 Å². The van der Waals surface area contributed by atoms with E-state index >= 15 is 0 Å². The Balaban J connectivity index is 1.89. The number of benzene rings is 2. The molecule has 164 valence electrons. The summed E-state index contributed by atoms with van der Waals surface area (Å²) in [4.78, 5) is 30.1. The number of aliphatic hydroxyl groups excluding tert-OH is 1. The first-order valence-electron chi connectivity index (χ1n) is 11.1. The highest BCUT2D eigenvalue weighted by Crippen LogP contribution is 2.38. The molecule has 1 N–H and O–H groups in total. The fourth-order valence-corrected chi connectivity index (χ4v) is 4.18. The Kier molecular flexibility index (Phi) is 7.64. The van der Waals surface area contributed by atoms with Crippen molar-refractivity contribution in [2.24, 2.45) is 0 Å². The van der Waals surface area contributed by atoms with Crippen LogP contribution >= 0.6 is 0 Å². The van der Waals surface area contributed by atoms with E-state index in [-0.39, 0.29) is 17.8 Å². The summed E-state index contributed by atoms with van der Waals surface area (Å²) in [7, 11) is 0. The molecule has 0 saturated heterocycles. The smallest absolute Gasteiger partial charge is 0.290 e. The quantitative estimate of drug-likeness (QED) is 0.625. The van der Waals surface area contributed by atoms with E-state index in [1.807, 2.05) is 61.5 Å². The number of aryl methyl sites for hydroxylation is 2. The number of hydrogen-bond acceptors (Lipinski definition) is 4. The average Bonchev–Trinajstić information content (AvgIpc) is 3.04. The SMILES string of the molecule is CCN(CC)CCN1C(=O)C(O)=C(C(=O)CCc2ccccc2)C1c1cccc(C)c1. The summed E-state index contributed by atoms with van der Waals surface area (Å²) in [5.74, 6) is -1.03. The topological polar surface area (TPSA) is 60.9 Å². The molecule has 0 aromatic heterocycles. The lowest BCUT2D eigenvalue weighted by molar-refractivity contribution is -0.129. The summed E-state index contributed by atoms with van der Waals surface area (Å²) in [5.41, 5.74) is 3.20. The lowest BCUT2D eigenvalue weighted by Crippen LogP contribution is -2.38. The van der Waals surface area contributed by atoms with Crippen LogP contribution in [-0.4, -0.2) is 52.8 Å². The lowest BCUT2D eigenvalue weighted by atomic mass is 9.92. The summed E-state index contributed by atoms with van der Waals surface area (Å²) in [6.45, 7) is 9.08. The van der Waals surface area contributed by atoms with Gasteiger partial charge in [0.15, 0.2) is 11.5 Å². The van der Waals surface area contributed by atoms with Crippen LogP contribution in [0.2, 0.25) is 0 Å². The van der Waals surface area contributed by atoms with E-state index in [2.05, 4.69) is 18.7 Å². The van der Waals surface area contributed by atoms with Crippen LogP contribution in [0.5, 0.6) is 0 Å². The summed E-state index contributed by atoms with van der Waals surface area (Å²) in [6.07, 6.45) is 0.827. The first kappa shape index (κ1) is 22.8. The molecular weight excluding hydrogens is 388 g/mol. The monoisotopic (exact) mass is 420 g/mol. The Morgan fingerprint density at radius 3 is 2.42 bits per heavy atom. The molecule has 5 heteroatoms. The van der Waals surface area contributed by atoms with Crippen LogP contribution in [0.3, 0.4) is 0 Å². The molecule has 1 unspecified atom stereocenters. The van der Waals surface area contributed by atoms with E-state index < -0.39 is 17.7 Å². The second kappa shape index (κ2) is 10.4. The number of hydrogen-bond donors (Lipinski definition) is 1. The van der Waals surface area contributed by atoms with E-state index in [1.165, 1.54) is 0 Å². The number of aliphatic hydroxyl groups is 1. The average molecular weight is 421 g/mol. The maximum atomic E-state index is 13.2. The molecule has 0 bridgehead atoms. The number of nitrogens with zero attached hydrogens (tertiary/aromatic N) is 2. The van der Waals surface area contributed by atoms with Gasteiger partial charge in [0.25, 0.3) is 5.91 Å². The largest absolute Gasteiger partial charge is 0.503 e. The lowest BCUT2D eigenvalue weighted by Gasteiger charge is -2.29. The van der Waals surface area contributed by atoms with Crippen LogP contribution in [0, 0.1) is 6.92 Å². The van der Waals surface area contributed by atoms with Gasteiger partial charge in [0.05, 0.1) is 11.6 Å². The van der Waals surface area contributed by atoms with Crippen molar-refractivity contribution >= 4 is 11.7 Å². The minimum Gasteiger partial charge on any atom is -0.503 e. The molecule has 0 radical (unpaired) electrons. The molecule has 1 aliphatic heterocycles. The first-order chi connectivity index (χ1) is 15.0. The van der Waals surface area contributed by atoms with Gasteiger partial charge in [0, 0.05) is 19.5 Å². The number of ketones is 1. The number of Topliss-reactive ketones (excluding diaryl/α,β-unsaturated/α-hetero) is 1. The Morgan fingerprint density at radius 2 is 1.77 bits per heavy atom. The molecule has 1 aliphatic rings. The summed E-state index contributed by atoms with van der Waals surface area (Å²) >= 11 is 0. The zero-order valence-electron chi connectivity index (χ0n) is 18.7. The maximum absolute atomic E-state index is 13.2. The van der Waals surface area contributed by atoms with E-state index in [0.29, 0.717) is 19.5 Å². The third-order valence-corrected chi connectivity index (χ3v) is 6.00. The molecule has 3 rings (SSSR count). The normalized spacial score (nSPS) is 16.5. The standard InChI is InChI=1S/C26H32N2O3/c1-4-27(5-2)16-17-28-24(21-13-9-10-19(3)18-21)23(25(30)26(28)31)22(29)15-14-20-11-7-6-8-12-20/h6-13,18,24,30H,4-5,14-17H2,1-3H3. The summed E-state index contributed by atoms with van der Waals surface area (Å²) in [5, 5.41) is 10.7. The van der Waals surface area contributed by atoms with E-state index in [0.717, 1.165) is 29.8 Å². The number of rotatable bonds is 10. The van der Waals surface area contributed by atoms with Gasteiger partial charge in [-0.25, -0.2) is 0 Å². The van der Waals surface area contributed by atoms with Gasteiger partial charge in [-0.1, -0.05) is 74.0 Å². The van der Waals surface area contributed by atoms with E-state index in [4.69, 9.17) is 0 Å². The van der Waals surface area contributed by atoms with Crippen LogP contribution < -0.4 is 0 Å². The Labute approximate surface area is 185 Å². The third kappa shape index (κ3) is 5.23. The van der Waals surface area contributed by atoms with Crippen LogP contribution in [0.25, 0.3) is 0 Å². The molecule has 0 spiro atoms. The van der Waals surface area contributed by atoms with Crippen molar-refractivity contribution in [3.8, 4) is 0 Å². The Hall–Kier alpha value is -2.92. The highest BCUT2D eigenvalue weighted by molar-refractivity contribution is 6.09. The van der Waals surface area contributed by atoms with Gasteiger partial charge in [-0.05, 0) is 37.6 Å². The van der Waals surface area contributed by atoms with Crippen molar-refractivity contribution in [3.05, 3.63) is 82.6 Å². The predicted octanol–water partition coefficient (Wildman–Crippen LogP) is 4.23. The highest BCUT2D eigenvalue weighted by Gasteiger charge is 2.43. The van der Waals surface area contributed by atoms with Gasteiger partial charge in [-0.2, -0.15) is 0 Å². The van der Waals surface area contributed by atoms with Crippen LogP contribution in [-0.2, 0) is 16.0 Å². The molecule has 1 heterocycles. The second-order valence-corrected chi connectivity index (χ2v) is 8.01. The highest BCUT2D eigenvalue weighted by atomic mass is 16.3.